The summed E-state index contributed by atoms with van der Waals surface area (Å²) in [6, 6.07) is 3.68. The van der Waals surface area contributed by atoms with E-state index in [-0.39, 0.29) is 17.0 Å². The van der Waals surface area contributed by atoms with Gasteiger partial charge in [-0.3, -0.25) is 10.1 Å². The van der Waals surface area contributed by atoms with Crippen LogP contribution < -0.4 is 4.74 Å². The van der Waals surface area contributed by atoms with Gasteiger partial charge in [-0.1, -0.05) is 0 Å². The maximum absolute atomic E-state index is 11.0. The van der Waals surface area contributed by atoms with Crippen LogP contribution in [0, 0.1) is 10.1 Å². The SMILES string of the molecule is O=C(O)c1ccc(OCCCN2CCCC2)c([N+](=O)[O-])c1. The van der Waals surface area contributed by atoms with Gasteiger partial charge >= 0.3 is 11.7 Å². The Bertz CT molecular complexity index is 526. The van der Waals surface area contributed by atoms with E-state index in [1.165, 1.54) is 25.0 Å². The van der Waals surface area contributed by atoms with E-state index in [1.807, 2.05) is 0 Å². The first-order chi connectivity index (χ1) is 10.1. The van der Waals surface area contributed by atoms with Crippen LogP contribution in [0.4, 0.5) is 5.69 Å². The van der Waals surface area contributed by atoms with Gasteiger partial charge in [0.2, 0.25) is 0 Å². The quantitative estimate of drug-likeness (QED) is 0.470. The van der Waals surface area contributed by atoms with Crippen LogP contribution in [0.2, 0.25) is 0 Å². The van der Waals surface area contributed by atoms with Crippen LogP contribution >= 0.6 is 0 Å². The molecule has 21 heavy (non-hydrogen) atoms. The van der Waals surface area contributed by atoms with E-state index >= 15 is 0 Å². The zero-order valence-electron chi connectivity index (χ0n) is 11.7. The zero-order valence-corrected chi connectivity index (χ0v) is 11.7. The molecule has 1 aliphatic rings. The van der Waals surface area contributed by atoms with Gasteiger partial charge in [-0.25, -0.2) is 4.79 Å². The molecule has 114 valence electrons. The van der Waals surface area contributed by atoms with Gasteiger partial charge in [0.05, 0.1) is 17.1 Å². The predicted octanol–water partition coefficient (Wildman–Crippen LogP) is 2.16. The average molecular weight is 294 g/mol. The zero-order chi connectivity index (χ0) is 15.2. The topological polar surface area (TPSA) is 92.9 Å². The third-order valence-corrected chi connectivity index (χ3v) is 3.48. The molecule has 2 rings (SSSR count). The van der Waals surface area contributed by atoms with Gasteiger partial charge in [0, 0.05) is 12.6 Å². The fourth-order valence-corrected chi connectivity index (χ4v) is 2.39. The first-order valence-electron chi connectivity index (χ1n) is 6.95. The lowest BCUT2D eigenvalue weighted by molar-refractivity contribution is -0.385. The molecule has 1 aromatic carbocycles. The Morgan fingerprint density at radius 2 is 2.10 bits per heavy atom. The van der Waals surface area contributed by atoms with Gasteiger partial charge in [0.1, 0.15) is 0 Å². The first kappa shape index (κ1) is 15.2. The summed E-state index contributed by atoms with van der Waals surface area (Å²) in [5, 5.41) is 19.8. The molecule has 0 unspecified atom stereocenters. The fourth-order valence-electron chi connectivity index (χ4n) is 2.39. The van der Waals surface area contributed by atoms with Crippen LogP contribution in [0.1, 0.15) is 29.6 Å². The number of ether oxygens (including phenoxy) is 1. The number of carbonyl (C=O) groups is 1. The number of aromatic carboxylic acids is 1. The molecule has 1 saturated heterocycles. The molecule has 0 amide bonds. The minimum Gasteiger partial charge on any atom is -0.487 e. The summed E-state index contributed by atoms with van der Waals surface area (Å²) in [6.45, 7) is 3.51. The van der Waals surface area contributed by atoms with Crippen LogP contribution in [0.3, 0.4) is 0 Å². The second kappa shape index (κ2) is 7.03. The number of carboxylic acids is 1. The van der Waals surface area contributed by atoms with Crippen molar-refractivity contribution in [2.75, 3.05) is 26.2 Å². The molecular weight excluding hydrogens is 276 g/mol. The fraction of sp³-hybridized carbons (Fsp3) is 0.500. The van der Waals surface area contributed by atoms with Gasteiger partial charge < -0.3 is 14.7 Å². The Labute approximate surface area is 122 Å². The van der Waals surface area contributed by atoms with Crippen LogP contribution in [0.25, 0.3) is 0 Å². The van der Waals surface area contributed by atoms with E-state index in [1.54, 1.807) is 0 Å². The van der Waals surface area contributed by atoms with Crippen molar-refractivity contribution in [3.63, 3.8) is 0 Å². The molecule has 0 aromatic heterocycles. The lowest BCUT2D eigenvalue weighted by Gasteiger charge is -2.14. The Morgan fingerprint density at radius 1 is 1.38 bits per heavy atom. The lowest BCUT2D eigenvalue weighted by atomic mass is 10.2. The predicted molar refractivity (Wildman–Crippen MR) is 75.8 cm³/mol. The largest absolute Gasteiger partial charge is 0.487 e. The summed E-state index contributed by atoms with van der Waals surface area (Å²) in [4.78, 5) is 23.5. The normalized spacial score (nSPS) is 15.0. The van der Waals surface area contributed by atoms with Crippen LogP contribution in [0.5, 0.6) is 5.75 Å². The van der Waals surface area contributed by atoms with E-state index in [9.17, 15) is 14.9 Å². The summed E-state index contributed by atoms with van der Waals surface area (Å²) in [5.41, 5.74) is -0.429. The van der Waals surface area contributed by atoms with Crippen molar-refractivity contribution in [3.8, 4) is 5.75 Å². The highest BCUT2D eigenvalue weighted by atomic mass is 16.6. The van der Waals surface area contributed by atoms with Gasteiger partial charge in [-0.2, -0.15) is 0 Å². The summed E-state index contributed by atoms with van der Waals surface area (Å²) in [7, 11) is 0. The highest BCUT2D eigenvalue weighted by Gasteiger charge is 2.18. The molecule has 1 aliphatic heterocycles. The number of carboxylic acid groups (broad SMARTS) is 1. The van der Waals surface area contributed by atoms with E-state index in [4.69, 9.17) is 9.84 Å². The van der Waals surface area contributed by atoms with E-state index in [0.717, 1.165) is 32.1 Å². The molecular formula is C14H18N2O5. The Morgan fingerprint density at radius 3 is 2.71 bits per heavy atom. The number of hydrogen-bond donors (Lipinski definition) is 1. The van der Waals surface area contributed by atoms with Gasteiger partial charge in [-0.15, -0.1) is 0 Å². The van der Waals surface area contributed by atoms with Crippen molar-refractivity contribution < 1.29 is 19.6 Å². The second-order valence-corrected chi connectivity index (χ2v) is 5.00. The molecule has 7 nitrogen and oxygen atoms in total. The van der Waals surface area contributed by atoms with E-state index < -0.39 is 10.9 Å². The van der Waals surface area contributed by atoms with Gasteiger partial charge in [0.25, 0.3) is 0 Å². The molecule has 0 aliphatic carbocycles. The standard InChI is InChI=1S/C14H18N2O5/c17-14(18)11-4-5-13(12(10-11)16(19)20)21-9-3-8-15-6-1-2-7-15/h4-5,10H,1-3,6-9H2,(H,17,18). The number of hydrogen-bond acceptors (Lipinski definition) is 5. The summed E-state index contributed by atoms with van der Waals surface area (Å²) >= 11 is 0. The third kappa shape index (κ3) is 4.16. The smallest absolute Gasteiger partial charge is 0.335 e. The minimum absolute atomic E-state index is 0.117. The molecule has 0 spiro atoms. The highest BCUT2D eigenvalue weighted by Crippen LogP contribution is 2.28. The molecule has 0 atom stereocenters. The number of nitrogens with zero attached hydrogens (tertiary/aromatic N) is 2. The van der Waals surface area contributed by atoms with Crippen molar-refractivity contribution in [1.29, 1.82) is 0 Å². The molecule has 1 N–H and O–H groups in total. The van der Waals surface area contributed by atoms with Crippen molar-refractivity contribution in [2.45, 2.75) is 19.3 Å². The minimum atomic E-state index is -1.20. The van der Waals surface area contributed by atoms with Crippen LogP contribution in [-0.4, -0.2) is 47.1 Å². The lowest BCUT2D eigenvalue weighted by Crippen LogP contribution is -2.22. The number of nitro benzene ring substituents is 1. The van der Waals surface area contributed by atoms with Gasteiger partial charge in [-0.05, 0) is 44.5 Å². The monoisotopic (exact) mass is 294 g/mol. The Hall–Kier alpha value is -2.15. The second-order valence-electron chi connectivity index (χ2n) is 5.00. The maximum atomic E-state index is 11.0. The number of rotatable bonds is 7. The highest BCUT2D eigenvalue weighted by molar-refractivity contribution is 5.88. The number of likely N-dealkylation sites (tertiary alicyclic amines) is 1. The van der Waals surface area contributed by atoms with Crippen LogP contribution in [-0.2, 0) is 0 Å². The van der Waals surface area contributed by atoms with E-state index in [0.29, 0.717) is 6.61 Å². The van der Waals surface area contributed by atoms with Crippen molar-refractivity contribution in [1.82, 2.24) is 4.90 Å². The summed E-state index contributed by atoms with van der Waals surface area (Å²) in [5.74, 6) is -1.08. The molecule has 1 aromatic rings. The molecule has 0 bridgehead atoms. The third-order valence-electron chi connectivity index (χ3n) is 3.48. The summed E-state index contributed by atoms with van der Waals surface area (Å²) < 4.78 is 5.43. The molecule has 7 heteroatoms. The maximum Gasteiger partial charge on any atom is 0.335 e. The molecule has 1 heterocycles. The Kier molecular flexibility index (Phi) is 5.10. The molecule has 0 radical (unpaired) electrons. The van der Waals surface area contributed by atoms with Crippen LogP contribution in [0.15, 0.2) is 18.2 Å². The van der Waals surface area contributed by atoms with Gasteiger partial charge in [0.15, 0.2) is 5.75 Å². The summed E-state index contributed by atoms with van der Waals surface area (Å²) in [6.07, 6.45) is 3.24. The molecule has 0 saturated carbocycles. The average Bonchev–Trinajstić information content (AvgIpc) is 2.96. The van der Waals surface area contributed by atoms with Crippen molar-refractivity contribution >= 4 is 11.7 Å². The van der Waals surface area contributed by atoms with Crippen molar-refractivity contribution in [3.05, 3.63) is 33.9 Å². The molecule has 1 fully saturated rings. The first-order valence-corrected chi connectivity index (χ1v) is 6.95. The van der Waals surface area contributed by atoms with Crippen molar-refractivity contribution in [2.24, 2.45) is 0 Å². The Balaban J connectivity index is 1.92. The number of nitro groups is 1. The number of benzene rings is 1. The van der Waals surface area contributed by atoms with E-state index in [2.05, 4.69) is 4.90 Å².